The van der Waals surface area contributed by atoms with E-state index >= 15 is 0 Å². The molecule has 0 aromatic heterocycles. The van der Waals surface area contributed by atoms with Crippen LogP contribution in [-0.2, 0) is 0 Å². The number of carbonyl (C=O) groups excluding carboxylic acids is 1. The molecule has 0 saturated heterocycles. The van der Waals surface area contributed by atoms with Gasteiger partial charge in [-0.1, -0.05) is 19.3 Å². The molecule has 4 N–H and O–H groups in total. The molecule has 0 heterocycles. The molecule has 2 rings (SSSR count). The minimum Gasteiger partial charge on any atom is -0.503 e. The van der Waals surface area contributed by atoms with Crippen LogP contribution in [0.25, 0.3) is 0 Å². The molecular weight excluding hydrogens is 285 g/mol. The lowest BCUT2D eigenvalue weighted by atomic mass is 9.82. The fraction of sp³-hybridized carbons (Fsp3) is 0.500. The van der Waals surface area contributed by atoms with Crippen LogP contribution in [0.4, 0.5) is 13.2 Å². The van der Waals surface area contributed by atoms with Crippen molar-refractivity contribution in [2.45, 2.75) is 37.6 Å². The van der Waals surface area contributed by atoms with E-state index in [-0.39, 0.29) is 6.54 Å². The van der Waals surface area contributed by atoms with Crippen molar-refractivity contribution in [2.75, 3.05) is 6.54 Å². The van der Waals surface area contributed by atoms with Crippen molar-refractivity contribution in [1.82, 2.24) is 5.32 Å². The molecule has 21 heavy (non-hydrogen) atoms. The van der Waals surface area contributed by atoms with Crippen LogP contribution < -0.4 is 11.1 Å². The predicted octanol–water partition coefficient (Wildman–Crippen LogP) is 2.20. The first-order valence-corrected chi connectivity index (χ1v) is 6.77. The molecule has 1 amide bonds. The van der Waals surface area contributed by atoms with Crippen molar-refractivity contribution < 1.29 is 23.1 Å². The minimum absolute atomic E-state index is 0.116. The minimum atomic E-state index is -1.72. The highest BCUT2D eigenvalue weighted by Gasteiger charge is 2.29. The standard InChI is InChI=1S/C14H17F3N2O2/c15-9-6-8(10(16)12(20)11(9)17)13(21)19-7-14(18)4-2-1-3-5-14/h6,20H,1-5,7,18H2,(H,19,21). The van der Waals surface area contributed by atoms with Crippen LogP contribution in [0.5, 0.6) is 5.75 Å². The number of phenols is 1. The second-order valence-electron chi connectivity index (χ2n) is 5.49. The lowest BCUT2D eigenvalue weighted by Crippen LogP contribution is -2.51. The zero-order chi connectivity index (χ0) is 15.6. The summed E-state index contributed by atoms with van der Waals surface area (Å²) in [4.78, 5) is 11.9. The third-order valence-corrected chi connectivity index (χ3v) is 3.83. The predicted molar refractivity (Wildman–Crippen MR) is 70.3 cm³/mol. The van der Waals surface area contributed by atoms with Gasteiger partial charge in [0.15, 0.2) is 17.4 Å². The number of phenolic OH excluding ortho intramolecular Hbond substituents is 1. The first-order chi connectivity index (χ1) is 9.84. The van der Waals surface area contributed by atoms with Gasteiger partial charge >= 0.3 is 0 Å². The number of hydrogen-bond donors (Lipinski definition) is 3. The maximum Gasteiger partial charge on any atom is 0.254 e. The van der Waals surface area contributed by atoms with Crippen LogP contribution in [0, 0.1) is 17.5 Å². The van der Waals surface area contributed by atoms with Gasteiger partial charge in [0.05, 0.1) is 5.56 Å². The molecular formula is C14H17F3N2O2. The summed E-state index contributed by atoms with van der Waals surface area (Å²) in [7, 11) is 0. The van der Waals surface area contributed by atoms with Gasteiger partial charge in [-0.05, 0) is 18.9 Å². The summed E-state index contributed by atoms with van der Waals surface area (Å²) in [6.07, 6.45) is 4.45. The molecule has 0 aliphatic heterocycles. The third-order valence-electron chi connectivity index (χ3n) is 3.83. The molecule has 0 spiro atoms. The summed E-state index contributed by atoms with van der Waals surface area (Å²) < 4.78 is 39.7. The van der Waals surface area contributed by atoms with Crippen LogP contribution >= 0.6 is 0 Å². The Kier molecular flexibility index (Phi) is 4.41. The molecule has 7 heteroatoms. The number of benzene rings is 1. The molecule has 1 aromatic rings. The zero-order valence-corrected chi connectivity index (χ0v) is 11.4. The summed E-state index contributed by atoms with van der Waals surface area (Å²) in [6, 6.07) is 0.420. The Labute approximate surface area is 120 Å². The largest absolute Gasteiger partial charge is 0.503 e. The molecule has 0 unspecified atom stereocenters. The first kappa shape index (κ1) is 15.6. The maximum atomic E-state index is 13.6. The van der Waals surface area contributed by atoms with Gasteiger partial charge in [0.2, 0.25) is 5.82 Å². The third kappa shape index (κ3) is 3.29. The maximum absolute atomic E-state index is 13.6. The van der Waals surface area contributed by atoms with Crippen molar-refractivity contribution in [3.63, 3.8) is 0 Å². The number of amides is 1. The number of nitrogens with two attached hydrogens (primary N) is 1. The van der Waals surface area contributed by atoms with Crippen LogP contribution in [0.2, 0.25) is 0 Å². The van der Waals surface area contributed by atoms with Crippen molar-refractivity contribution in [3.8, 4) is 5.75 Å². The Morgan fingerprint density at radius 3 is 2.48 bits per heavy atom. The quantitative estimate of drug-likeness (QED) is 0.749. The summed E-state index contributed by atoms with van der Waals surface area (Å²) >= 11 is 0. The normalized spacial score (nSPS) is 17.5. The molecule has 4 nitrogen and oxygen atoms in total. The molecule has 116 valence electrons. The molecule has 1 saturated carbocycles. The molecule has 0 atom stereocenters. The fourth-order valence-corrected chi connectivity index (χ4v) is 2.54. The van der Waals surface area contributed by atoms with Gasteiger partial charge in [-0.2, -0.15) is 4.39 Å². The second-order valence-corrected chi connectivity index (χ2v) is 5.49. The Morgan fingerprint density at radius 1 is 1.24 bits per heavy atom. The van der Waals surface area contributed by atoms with Gasteiger partial charge in [-0.25, -0.2) is 8.78 Å². The smallest absolute Gasteiger partial charge is 0.254 e. The first-order valence-electron chi connectivity index (χ1n) is 6.77. The number of halogens is 3. The van der Waals surface area contributed by atoms with Gasteiger partial charge in [0.1, 0.15) is 0 Å². The van der Waals surface area contributed by atoms with Crippen molar-refractivity contribution in [1.29, 1.82) is 0 Å². The van der Waals surface area contributed by atoms with Gasteiger partial charge in [0.25, 0.3) is 5.91 Å². The molecule has 0 bridgehead atoms. The topological polar surface area (TPSA) is 75.3 Å². The van der Waals surface area contributed by atoms with E-state index in [1.165, 1.54) is 0 Å². The highest BCUT2D eigenvalue weighted by atomic mass is 19.2. The summed E-state index contributed by atoms with van der Waals surface area (Å²) in [6.45, 7) is 0.116. The lowest BCUT2D eigenvalue weighted by Gasteiger charge is -2.33. The average Bonchev–Trinajstić information content (AvgIpc) is 2.47. The summed E-state index contributed by atoms with van der Waals surface area (Å²) in [5, 5.41) is 11.5. The Balaban J connectivity index is 2.10. The fourth-order valence-electron chi connectivity index (χ4n) is 2.54. The van der Waals surface area contributed by atoms with Crippen LogP contribution in [0.1, 0.15) is 42.5 Å². The molecule has 1 aliphatic rings. The average molecular weight is 302 g/mol. The Bertz CT molecular complexity index is 558. The van der Waals surface area contributed by atoms with Gasteiger partial charge in [-0.15, -0.1) is 0 Å². The molecule has 0 radical (unpaired) electrons. The highest BCUT2D eigenvalue weighted by Crippen LogP contribution is 2.27. The zero-order valence-electron chi connectivity index (χ0n) is 11.4. The Hall–Kier alpha value is -1.76. The molecule has 1 aliphatic carbocycles. The van der Waals surface area contributed by atoms with E-state index in [0.717, 1.165) is 32.1 Å². The van der Waals surface area contributed by atoms with E-state index in [9.17, 15) is 18.0 Å². The van der Waals surface area contributed by atoms with Crippen molar-refractivity contribution >= 4 is 5.91 Å². The summed E-state index contributed by atoms with van der Waals surface area (Å²) in [5.41, 5.74) is 4.81. The molecule has 1 fully saturated rings. The van der Waals surface area contributed by atoms with E-state index in [1.54, 1.807) is 0 Å². The highest BCUT2D eigenvalue weighted by molar-refractivity contribution is 5.95. The number of rotatable bonds is 3. The second kappa shape index (κ2) is 5.93. The lowest BCUT2D eigenvalue weighted by molar-refractivity contribution is 0.0932. The van der Waals surface area contributed by atoms with Gasteiger partial charge in [-0.3, -0.25) is 4.79 Å². The van der Waals surface area contributed by atoms with E-state index in [2.05, 4.69) is 5.32 Å². The number of aromatic hydroxyl groups is 1. The SMILES string of the molecule is NC1(CNC(=O)c2cc(F)c(F)c(O)c2F)CCCCC1. The van der Waals surface area contributed by atoms with Gasteiger partial charge < -0.3 is 16.2 Å². The van der Waals surface area contributed by atoms with E-state index in [4.69, 9.17) is 10.8 Å². The van der Waals surface area contributed by atoms with E-state index in [1.807, 2.05) is 0 Å². The van der Waals surface area contributed by atoms with Crippen molar-refractivity contribution in [2.24, 2.45) is 5.73 Å². The number of carbonyl (C=O) groups is 1. The summed E-state index contributed by atoms with van der Waals surface area (Å²) in [5.74, 6) is -7.12. The van der Waals surface area contributed by atoms with Crippen LogP contribution in [0.3, 0.4) is 0 Å². The van der Waals surface area contributed by atoms with E-state index in [0.29, 0.717) is 6.07 Å². The number of hydrogen-bond acceptors (Lipinski definition) is 3. The van der Waals surface area contributed by atoms with Crippen molar-refractivity contribution in [3.05, 3.63) is 29.1 Å². The van der Waals surface area contributed by atoms with Crippen LogP contribution in [-0.4, -0.2) is 23.1 Å². The monoisotopic (exact) mass is 302 g/mol. The van der Waals surface area contributed by atoms with Crippen LogP contribution in [0.15, 0.2) is 6.07 Å². The Morgan fingerprint density at radius 2 is 1.86 bits per heavy atom. The number of nitrogens with one attached hydrogen (secondary N) is 1. The van der Waals surface area contributed by atoms with E-state index < -0.39 is 40.2 Å². The van der Waals surface area contributed by atoms with Gasteiger partial charge in [0, 0.05) is 12.1 Å². The molecule has 1 aromatic carbocycles.